The number of hydrogen-bond donors (Lipinski definition) is 0. The fourth-order valence-electron chi connectivity index (χ4n) is 2.11. The Balaban J connectivity index is 2.76. The molecule has 0 spiro atoms. The van der Waals surface area contributed by atoms with Gasteiger partial charge in [-0.1, -0.05) is 38.5 Å². The number of rotatable bonds is 3. The first-order chi connectivity index (χ1) is 7.07. The summed E-state index contributed by atoms with van der Waals surface area (Å²) in [4.78, 5) is 22.8. The van der Waals surface area contributed by atoms with Crippen LogP contribution in [0.25, 0.3) is 0 Å². The van der Waals surface area contributed by atoms with Gasteiger partial charge in [0.25, 0.3) is 0 Å². The molecule has 0 atom stereocenters. The van der Waals surface area contributed by atoms with E-state index in [1.54, 1.807) is 0 Å². The van der Waals surface area contributed by atoms with Crippen molar-refractivity contribution in [2.45, 2.75) is 38.8 Å². The van der Waals surface area contributed by atoms with Crippen molar-refractivity contribution in [3.05, 3.63) is 0 Å². The minimum Gasteiger partial charge on any atom is -0.298 e. The molecule has 0 heterocycles. The predicted molar refractivity (Wildman–Crippen MR) is 74.6 cm³/mol. The van der Waals surface area contributed by atoms with Crippen LogP contribution in [0.4, 0.5) is 0 Å². The smallest absolute Gasteiger partial charge is 0.197 e. The maximum atomic E-state index is 11.9. The van der Waals surface area contributed by atoms with Crippen LogP contribution in [0.1, 0.15) is 34.6 Å². The third-order valence-corrected chi connectivity index (χ3v) is 9.20. The molecule has 0 aromatic rings. The minimum atomic E-state index is -0.649. The number of Topliss-reactive ketones (excluding diaryl/α,β-unsaturated/α-hetero) is 1. The standard InChI is InChI=1S/C10H15ClO2S3/c1-6(12)14-16-15-10(11)8(2,3)7(13)9(10,4)5/h1-5H3. The van der Waals surface area contributed by atoms with Crippen LogP contribution in [0, 0.1) is 10.8 Å². The van der Waals surface area contributed by atoms with Crippen molar-refractivity contribution in [3.63, 3.8) is 0 Å². The van der Waals surface area contributed by atoms with E-state index in [0.717, 1.165) is 10.8 Å². The first-order valence-electron chi connectivity index (χ1n) is 4.84. The molecule has 0 bridgehead atoms. The minimum absolute atomic E-state index is 0.0408. The lowest BCUT2D eigenvalue weighted by Crippen LogP contribution is -2.69. The molecule has 0 N–H and O–H groups in total. The molecule has 0 amide bonds. The van der Waals surface area contributed by atoms with Crippen molar-refractivity contribution in [1.29, 1.82) is 0 Å². The number of carbonyl (C=O) groups excluding carboxylic acids is 2. The Morgan fingerprint density at radius 2 is 1.62 bits per heavy atom. The van der Waals surface area contributed by atoms with Crippen molar-refractivity contribution >= 4 is 53.9 Å². The summed E-state index contributed by atoms with van der Waals surface area (Å²) in [6, 6.07) is 0. The fourth-order valence-corrected chi connectivity index (χ4v) is 7.74. The molecule has 1 saturated carbocycles. The van der Waals surface area contributed by atoms with Crippen LogP contribution in [0.2, 0.25) is 0 Å². The Labute approximate surface area is 113 Å². The van der Waals surface area contributed by atoms with E-state index in [1.165, 1.54) is 27.5 Å². The summed E-state index contributed by atoms with van der Waals surface area (Å²) in [5.41, 5.74) is -1.10. The molecule has 16 heavy (non-hydrogen) atoms. The maximum Gasteiger partial charge on any atom is 0.197 e. The number of alkyl halides is 1. The highest BCUT2D eigenvalue weighted by molar-refractivity contribution is 9.12. The second-order valence-electron chi connectivity index (χ2n) is 4.90. The molecule has 0 unspecified atom stereocenters. The first-order valence-corrected chi connectivity index (χ1v) is 8.70. The summed E-state index contributed by atoms with van der Waals surface area (Å²) in [7, 11) is 3.92. The molecule has 92 valence electrons. The van der Waals surface area contributed by atoms with Gasteiger partial charge in [-0.2, -0.15) is 0 Å². The van der Waals surface area contributed by atoms with E-state index in [2.05, 4.69) is 0 Å². The lowest BCUT2D eigenvalue weighted by molar-refractivity contribution is -0.153. The average Bonchev–Trinajstić information content (AvgIpc) is 2.14. The second kappa shape index (κ2) is 4.41. The maximum absolute atomic E-state index is 11.9. The van der Waals surface area contributed by atoms with Crippen LogP contribution in [0.15, 0.2) is 0 Å². The van der Waals surface area contributed by atoms with E-state index >= 15 is 0 Å². The third kappa shape index (κ3) is 1.93. The molecule has 0 aliphatic heterocycles. The van der Waals surface area contributed by atoms with Gasteiger partial charge in [-0.3, -0.25) is 9.59 Å². The second-order valence-corrected chi connectivity index (χ2v) is 9.98. The molecule has 1 rings (SSSR count). The third-order valence-electron chi connectivity index (χ3n) is 3.04. The molecule has 0 saturated heterocycles. The first kappa shape index (κ1) is 14.7. The van der Waals surface area contributed by atoms with Gasteiger partial charge < -0.3 is 0 Å². The van der Waals surface area contributed by atoms with Gasteiger partial charge in [-0.25, -0.2) is 0 Å². The molecular formula is C10H15ClO2S3. The monoisotopic (exact) mass is 298 g/mol. The lowest BCUT2D eigenvalue weighted by Gasteiger charge is -2.60. The Hall–Kier alpha value is 0.680. The summed E-state index contributed by atoms with van der Waals surface area (Å²) in [5.74, 6) is 0.177. The number of ketones is 1. The quantitative estimate of drug-likeness (QED) is 0.578. The zero-order chi connectivity index (χ0) is 12.8. The van der Waals surface area contributed by atoms with Crippen molar-refractivity contribution in [2.75, 3.05) is 0 Å². The van der Waals surface area contributed by atoms with E-state index < -0.39 is 15.0 Å². The Kier molecular flexibility index (Phi) is 4.06. The summed E-state index contributed by atoms with van der Waals surface area (Å²) in [6.07, 6.45) is 0. The summed E-state index contributed by atoms with van der Waals surface area (Å²) >= 11 is 6.57. The molecule has 0 aromatic heterocycles. The molecule has 6 heteroatoms. The van der Waals surface area contributed by atoms with Gasteiger partial charge in [0.2, 0.25) is 0 Å². The van der Waals surface area contributed by atoms with E-state index in [1.807, 2.05) is 27.7 Å². The van der Waals surface area contributed by atoms with Crippen LogP contribution in [0.3, 0.4) is 0 Å². The summed E-state index contributed by atoms with van der Waals surface area (Å²) in [5, 5.41) is 0.0408. The number of halogens is 1. The van der Waals surface area contributed by atoms with Crippen LogP contribution < -0.4 is 0 Å². The van der Waals surface area contributed by atoms with Crippen LogP contribution >= 0.6 is 43.0 Å². The Morgan fingerprint density at radius 1 is 1.19 bits per heavy atom. The van der Waals surface area contributed by atoms with Crippen LogP contribution in [-0.2, 0) is 9.59 Å². The highest BCUT2D eigenvalue weighted by Crippen LogP contribution is 2.71. The van der Waals surface area contributed by atoms with E-state index in [4.69, 9.17) is 11.6 Å². The lowest BCUT2D eigenvalue weighted by atomic mass is 9.54. The van der Waals surface area contributed by atoms with Gasteiger partial charge in [0.15, 0.2) is 5.12 Å². The largest absolute Gasteiger partial charge is 0.298 e. The van der Waals surface area contributed by atoms with Gasteiger partial charge >= 0.3 is 0 Å². The van der Waals surface area contributed by atoms with Crippen LogP contribution in [0.5, 0.6) is 0 Å². The van der Waals surface area contributed by atoms with E-state index in [9.17, 15) is 9.59 Å². The highest BCUT2D eigenvalue weighted by atomic mass is 35.5. The van der Waals surface area contributed by atoms with Crippen molar-refractivity contribution in [1.82, 2.24) is 0 Å². The SMILES string of the molecule is CC(=O)SSSC1(Cl)C(C)(C)C(=O)C1(C)C. The van der Waals surface area contributed by atoms with Crippen molar-refractivity contribution in [3.8, 4) is 0 Å². The highest BCUT2D eigenvalue weighted by Gasteiger charge is 2.72. The van der Waals surface area contributed by atoms with Gasteiger partial charge in [0, 0.05) is 6.92 Å². The van der Waals surface area contributed by atoms with Crippen molar-refractivity contribution in [2.24, 2.45) is 10.8 Å². The Morgan fingerprint density at radius 3 is 2.00 bits per heavy atom. The molecule has 0 radical (unpaired) electrons. The molecule has 0 aromatic carbocycles. The van der Waals surface area contributed by atoms with Gasteiger partial charge in [0.05, 0.1) is 10.8 Å². The molecule has 1 aliphatic carbocycles. The van der Waals surface area contributed by atoms with E-state index in [0.29, 0.717) is 0 Å². The topological polar surface area (TPSA) is 34.1 Å². The zero-order valence-electron chi connectivity index (χ0n) is 9.92. The number of hydrogen-bond acceptors (Lipinski definition) is 5. The van der Waals surface area contributed by atoms with Gasteiger partial charge in [-0.05, 0) is 20.6 Å². The van der Waals surface area contributed by atoms with Crippen molar-refractivity contribution < 1.29 is 9.59 Å². The zero-order valence-corrected chi connectivity index (χ0v) is 13.1. The molecule has 1 aliphatic rings. The average molecular weight is 299 g/mol. The molecular weight excluding hydrogens is 284 g/mol. The van der Waals surface area contributed by atoms with Crippen LogP contribution in [-0.4, -0.2) is 15.1 Å². The number of carbonyl (C=O) groups is 2. The Bertz CT molecular complexity index is 321. The normalized spacial score (nSPS) is 25.0. The molecule has 2 nitrogen and oxygen atoms in total. The molecule has 1 fully saturated rings. The fraction of sp³-hybridized carbons (Fsp3) is 0.800. The predicted octanol–water partition coefficient (Wildman–Crippen LogP) is 4.13. The van der Waals surface area contributed by atoms with E-state index in [-0.39, 0.29) is 10.9 Å². The summed E-state index contributed by atoms with van der Waals surface area (Å²) in [6.45, 7) is 8.96. The van der Waals surface area contributed by atoms with Gasteiger partial charge in [0.1, 0.15) is 9.99 Å². The summed E-state index contributed by atoms with van der Waals surface area (Å²) < 4.78 is -0.649. The van der Waals surface area contributed by atoms with Gasteiger partial charge in [-0.15, -0.1) is 11.6 Å².